The molecule has 0 aliphatic carbocycles. The highest BCUT2D eigenvalue weighted by molar-refractivity contribution is 5.95. The fraction of sp³-hybridized carbons (Fsp3) is 0.636. The number of amidine groups is 1. The summed E-state index contributed by atoms with van der Waals surface area (Å²) in [5, 5.41) is 6.04. The number of aryl methyl sites for hydroxylation is 1. The van der Waals surface area contributed by atoms with Gasteiger partial charge in [0.15, 0.2) is 0 Å². The van der Waals surface area contributed by atoms with Gasteiger partial charge in [0.2, 0.25) is 5.91 Å². The monoisotopic (exact) mass is 641 g/mol. The van der Waals surface area contributed by atoms with Crippen LogP contribution in [0, 0.1) is 5.92 Å². The summed E-state index contributed by atoms with van der Waals surface area (Å²) in [6, 6.07) is 5.22. The number of alkyl halides is 5. The van der Waals surface area contributed by atoms with Crippen LogP contribution in [0.1, 0.15) is 78.2 Å². The number of nitrogens with one attached hydrogen (secondary N) is 2. The molecule has 2 fully saturated rings. The number of unbranched alkanes of at least 4 members (excludes halogenated alkanes) is 1. The number of carbonyl (C=O) groups is 1. The number of halogens is 5. The Kier molecular flexibility index (Phi) is 13.7. The molecule has 2 saturated heterocycles. The summed E-state index contributed by atoms with van der Waals surface area (Å²) in [6.07, 6.45) is 0.0964. The Bertz CT molecular complexity index is 1210. The molecule has 2 heterocycles. The summed E-state index contributed by atoms with van der Waals surface area (Å²) >= 11 is 0. The first kappa shape index (κ1) is 36.3. The molecule has 1 unspecified atom stereocenters. The molecular formula is C33H48F5N5O2. The van der Waals surface area contributed by atoms with Crippen molar-refractivity contribution in [1.29, 1.82) is 0 Å². The molecule has 252 valence electrons. The first-order valence-electron chi connectivity index (χ1n) is 16.0. The van der Waals surface area contributed by atoms with Gasteiger partial charge in [-0.25, -0.2) is 4.99 Å². The van der Waals surface area contributed by atoms with Gasteiger partial charge in [0.05, 0.1) is 12.2 Å². The summed E-state index contributed by atoms with van der Waals surface area (Å²) in [5.74, 6) is 0.913. The number of carbonyl (C=O) groups excluding carboxylic acids is 1. The molecule has 0 radical (unpaired) electrons. The lowest BCUT2D eigenvalue weighted by Gasteiger charge is -2.34. The fourth-order valence-corrected chi connectivity index (χ4v) is 5.45. The molecule has 3 rings (SSSR count). The number of amides is 1. The molecule has 1 atom stereocenters. The summed E-state index contributed by atoms with van der Waals surface area (Å²) < 4.78 is 74.9. The molecule has 7 nitrogen and oxygen atoms in total. The number of aliphatic imine (C=N–C) groups is 1. The standard InChI is InChI=1S/C33H48F5N5O2/c1-5-7-11-30(39-16-9-17-42-18-15-24(3)10-8-12-31(42)44)28(33(36,37)38)22-40-25(4)41-29-14-13-27(21-26(29)6-2)43-19-20-45-32(34,35)23-43/h11,13-14,21-22,24,39H,5-10,12,15-20,23H2,1-4H3,(H,40,41)/b28-22+,30-11-. The summed E-state index contributed by atoms with van der Waals surface area (Å²) in [4.78, 5) is 20.0. The van der Waals surface area contributed by atoms with E-state index in [0.717, 1.165) is 31.0 Å². The topological polar surface area (TPSA) is 69.2 Å². The molecule has 0 spiro atoms. The average molecular weight is 642 g/mol. The van der Waals surface area contributed by atoms with Crippen molar-refractivity contribution in [2.24, 2.45) is 10.9 Å². The van der Waals surface area contributed by atoms with Gasteiger partial charge < -0.3 is 25.2 Å². The Balaban J connectivity index is 1.71. The van der Waals surface area contributed by atoms with Crippen LogP contribution in [0.4, 0.5) is 33.3 Å². The predicted molar refractivity (Wildman–Crippen MR) is 170 cm³/mol. The van der Waals surface area contributed by atoms with Crippen LogP contribution in [0.5, 0.6) is 0 Å². The zero-order chi connectivity index (χ0) is 33.0. The Morgan fingerprint density at radius 2 is 1.98 bits per heavy atom. The smallest absolute Gasteiger partial charge is 0.385 e. The SMILES string of the molecule is CCC/C=C(NCCCN1CCC(C)CCCC1=O)/C(=C\N=C(C)Nc1ccc(N2CCOC(F)(F)C2)cc1CC)C(F)(F)F. The van der Waals surface area contributed by atoms with Crippen LogP contribution >= 0.6 is 0 Å². The third kappa shape index (κ3) is 11.6. The lowest BCUT2D eigenvalue weighted by atomic mass is 9.98. The Labute approximate surface area is 264 Å². The normalized spacial score (nSPS) is 20.6. The number of likely N-dealkylation sites (tertiary alicyclic amines) is 1. The van der Waals surface area contributed by atoms with Crippen molar-refractivity contribution < 1.29 is 31.5 Å². The zero-order valence-corrected chi connectivity index (χ0v) is 26.9. The second kappa shape index (κ2) is 17.0. The number of benzene rings is 1. The predicted octanol–water partition coefficient (Wildman–Crippen LogP) is 7.66. The second-order valence-electron chi connectivity index (χ2n) is 11.8. The van der Waals surface area contributed by atoms with Crippen molar-refractivity contribution in [2.45, 2.75) is 91.3 Å². The number of hydrogen-bond acceptors (Lipinski definition) is 5. The fourth-order valence-electron chi connectivity index (χ4n) is 5.45. The van der Waals surface area contributed by atoms with E-state index in [9.17, 15) is 26.7 Å². The first-order valence-corrected chi connectivity index (χ1v) is 16.0. The van der Waals surface area contributed by atoms with Crippen LogP contribution < -0.4 is 15.5 Å². The maximum absolute atomic E-state index is 14.3. The molecule has 2 aliphatic rings. The average Bonchev–Trinajstić information content (AvgIpc) is 2.97. The van der Waals surface area contributed by atoms with Crippen LogP contribution in [0.3, 0.4) is 0 Å². The van der Waals surface area contributed by atoms with Crippen molar-refractivity contribution in [2.75, 3.05) is 49.5 Å². The Morgan fingerprint density at radius 3 is 2.67 bits per heavy atom. The highest BCUT2D eigenvalue weighted by Gasteiger charge is 2.37. The third-order valence-electron chi connectivity index (χ3n) is 8.07. The number of morpholine rings is 1. The highest BCUT2D eigenvalue weighted by Crippen LogP contribution is 2.32. The van der Waals surface area contributed by atoms with E-state index >= 15 is 0 Å². The van der Waals surface area contributed by atoms with Gasteiger partial charge in [-0.3, -0.25) is 4.79 Å². The second-order valence-corrected chi connectivity index (χ2v) is 11.8. The summed E-state index contributed by atoms with van der Waals surface area (Å²) in [5.41, 5.74) is 1.16. The molecular weight excluding hydrogens is 593 g/mol. The molecule has 1 amide bonds. The molecule has 1 aromatic carbocycles. The van der Waals surface area contributed by atoms with Gasteiger partial charge in [-0.1, -0.05) is 39.7 Å². The van der Waals surface area contributed by atoms with Gasteiger partial charge in [-0.05, 0) is 68.7 Å². The van der Waals surface area contributed by atoms with Crippen molar-refractivity contribution in [3.05, 3.63) is 47.3 Å². The van der Waals surface area contributed by atoms with Crippen LogP contribution in [-0.4, -0.2) is 68.3 Å². The minimum atomic E-state index is -4.65. The van der Waals surface area contributed by atoms with Crippen LogP contribution in [-0.2, 0) is 16.0 Å². The van der Waals surface area contributed by atoms with E-state index in [1.54, 1.807) is 36.1 Å². The van der Waals surface area contributed by atoms with Crippen molar-refractivity contribution in [3.63, 3.8) is 0 Å². The van der Waals surface area contributed by atoms with Crippen molar-refractivity contribution in [3.8, 4) is 0 Å². The number of anilines is 2. The molecule has 0 aromatic heterocycles. The maximum atomic E-state index is 14.3. The number of ether oxygens (including phenoxy) is 1. The minimum absolute atomic E-state index is 0.0329. The molecule has 0 saturated carbocycles. The van der Waals surface area contributed by atoms with Gasteiger partial charge in [0, 0.05) is 55.9 Å². The Morgan fingerprint density at radius 1 is 1.20 bits per heavy atom. The maximum Gasteiger partial charge on any atom is 0.419 e. The minimum Gasteiger partial charge on any atom is -0.385 e. The largest absolute Gasteiger partial charge is 0.419 e. The van der Waals surface area contributed by atoms with E-state index in [4.69, 9.17) is 0 Å². The van der Waals surface area contributed by atoms with E-state index in [2.05, 4.69) is 27.3 Å². The number of hydrogen-bond donors (Lipinski definition) is 2. The lowest BCUT2D eigenvalue weighted by Crippen LogP contribution is -2.46. The van der Waals surface area contributed by atoms with Crippen LogP contribution in [0.2, 0.25) is 0 Å². The van der Waals surface area contributed by atoms with Gasteiger partial charge in [0.25, 0.3) is 0 Å². The summed E-state index contributed by atoms with van der Waals surface area (Å²) in [6.45, 7) is 8.71. The quantitative estimate of drug-likeness (QED) is 0.0807. The van der Waals surface area contributed by atoms with Crippen molar-refractivity contribution in [1.82, 2.24) is 10.2 Å². The van der Waals surface area contributed by atoms with E-state index in [-0.39, 0.29) is 30.6 Å². The number of nitrogens with zero attached hydrogens (tertiary/aromatic N) is 3. The number of rotatable bonds is 12. The van der Waals surface area contributed by atoms with Gasteiger partial charge >= 0.3 is 12.3 Å². The molecule has 1 aromatic rings. The van der Waals surface area contributed by atoms with Crippen LogP contribution in [0.25, 0.3) is 0 Å². The van der Waals surface area contributed by atoms with Crippen molar-refractivity contribution >= 4 is 23.1 Å². The van der Waals surface area contributed by atoms with E-state index in [1.165, 1.54) is 0 Å². The van der Waals surface area contributed by atoms with Gasteiger partial charge in [0.1, 0.15) is 12.4 Å². The first-order chi connectivity index (χ1) is 21.3. The number of allylic oxidation sites excluding steroid dienone is 2. The lowest BCUT2D eigenvalue weighted by molar-refractivity contribution is -0.240. The molecule has 2 N–H and O–H groups in total. The van der Waals surface area contributed by atoms with E-state index in [1.807, 2.05) is 18.7 Å². The third-order valence-corrected chi connectivity index (χ3v) is 8.07. The highest BCUT2D eigenvalue weighted by atomic mass is 19.4. The van der Waals surface area contributed by atoms with E-state index in [0.29, 0.717) is 69.0 Å². The summed E-state index contributed by atoms with van der Waals surface area (Å²) in [7, 11) is 0. The molecule has 2 aliphatic heterocycles. The molecule has 0 bridgehead atoms. The van der Waals surface area contributed by atoms with E-state index < -0.39 is 24.4 Å². The molecule has 12 heteroatoms. The Hall–Kier alpha value is -3.15. The van der Waals surface area contributed by atoms with Gasteiger partial charge in [-0.2, -0.15) is 22.0 Å². The molecule has 45 heavy (non-hydrogen) atoms. The van der Waals surface area contributed by atoms with Gasteiger partial charge in [-0.15, -0.1) is 0 Å². The zero-order valence-electron chi connectivity index (χ0n) is 26.9. The van der Waals surface area contributed by atoms with Crippen LogP contribution in [0.15, 0.2) is 46.7 Å².